The van der Waals surface area contributed by atoms with Crippen molar-refractivity contribution < 1.29 is 4.79 Å². The third-order valence-electron chi connectivity index (χ3n) is 3.57. The summed E-state index contributed by atoms with van der Waals surface area (Å²) in [5.74, 6) is 1.87. The Hall–Kier alpha value is -0.900. The smallest absolute Gasteiger partial charge is 0.166 e. The average molecular weight is 278 g/mol. The zero-order chi connectivity index (χ0) is 14.0. The second kappa shape index (κ2) is 5.61. The van der Waals surface area contributed by atoms with E-state index in [2.05, 4.69) is 37.7 Å². The van der Waals surface area contributed by atoms with Gasteiger partial charge >= 0.3 is 0 Å². The topological polar surface area (TPSA) is 42.9 Å². The lowest BCUT2D eigenvalue weighted by Crippen LogP contribution is -2.28. The summed E-state index contributed by atoms with van der Waals surface area (Å²) in [6, 6.07) is 0. The number of aromatic nitrogens is 2. The molecule has 0 N–H and O–H groups in total. The monoisotopic (exact) mass is 278 g/mol. The fraction of sp³-hybridized carbons (Fsp3) is 0.667. The first kappa shape index (κ1) is 14.5. The second-order valence-corrected chi connectivity index (χ2v) is 7.54. The van der Waals surface area contributed by atoms with Crippen LogP contribution in [-0.4, -0.2) is 21.0 Å². The van der Waals surface area contributed by atoms with Gasteiger partial charge in [-0.15, -0.1) is 0 Å². The largest absolute Gasteiger partial charge is 0.294 e. The Balaban J connectivity index is 2.16. The summed E-state index contributed by atoms with van der Waals surface area (Å²) in [6.45, 7) is 8.66. The van der Waals surface area contributed by atoms with Gasteiger partial charge in [0.2, 0.25) is 0 Å². The Kier molecular flexibility index (Phi) is 4.29. The molecule has 1 aromatic heterocycles. The van der Waals surface area contributed by atoms with Crippen LogP contribution in [0.3, 0.4) is 0 Å². The Morgan fingerprint density at radius 2 is 2.16 bits per heavy atom. The summed E-state index contributed by atoms with van der Waals surface area (Å²) in [5.41, 5.74) is 1.70. The molecule has 1 aromatic rings. The van der Waals surface area contributed by atoms with Gasteiger partial charge in [0.15, 0.2) is 5.78 Å². The maximum Gasteiger partial charge on any atom is 0.166 e. The lowest BCUT2D eigenvalue weighted by atomic mass is 9.76. The number of ketones is 1. The number of carbonyl (C=O) groups excluding carboxylic acids is 1. The fourth-order valence-electron chi connectivity index (χ4n) is 2.28. The Bertz CT molecular complexity index is 485. The molecule has 0 spiro atoms. The summed E-state index contributed by atoms with van der Waals surface area (Å²) < 4.78 is 0. The number of fused-ring (bicyclic) bond motifs is 1. The van der Waals surface area contributed by atoms with E-state index in [-0.39, 0.29) is 11.2 Å². The van der Waals surface area contributed by atoms with Gasteiger partial charge in [0.05, 0.1) is 17.0 Å². The predicted octanol–water partition coefficient (Wildman–Crippen LogP) is 3.66. The molecule has 19 heavy (non-hydrogen) atoms. The molecule has 0 bridgehead atoms. The van der Waals surface area contributed by atoms with Crippen molar-refractivity contribution in [2.75, 3.05) is 0 Å². The number of carbonyl (C=O) groups is 1. The van der Waals surface area contributed by atoms with E-state index in [0.29, 0.717) is 11.7 Å². The maximum atomic E-state index is 12.0. The van der Waals surface area contributed by atoms with Crippen LogP contribution in [0.15, 0.2) is 6.20 Å². The van der Waals surface area contributed by atoms with Crippen molar-refractivity contribution in [2.45, 2.75) is 58.0 Å². The third kappa shape index (κ3) is 3.56. The zero-order valence-corrected chi connectivity index (χ0v) is 13.0. The van der Waals surface area contributed by atoms with Crippen LogP contribution >= 0.6 is 11.8 Å². The number of hydrogen-bond donors (Lipinski definition) is 0. The van der Waals surface area contributed by atoms with Gasteiger partial charge in [-0.1, -0.05) is 27.7 Å². The molecule has 1 aliphatic carbocycles. The first-order valence-electron chi connectivity index (χ1n) is 6.91. The molecule has 1 atom stereocenters. The molecule has 0 saturated carbocycles. The SMILES string of the molecule is CCC(C)SCc1ncc2c(n1)CC(C)(C)CC2=O. The number of rotatable bonds is 4. The van der Waals surface area contributed by atoms with E-state index >= 15 is 0 Å². The summed E-state index contributed by atoms with van der Waals surface area (Å²) in [6.07, 6.45) is 4.36. The van der Waals surface area contributed by atoms with Crippen molar-refractivity contribution in [1.29, 1.82) is 0 Å². The van der Waals surface area contributed by atoms with Crippen LogP contribution in [-0.2, 0) is 12.2 Å². The highest BCUT2D eigenvalue weighted by atomic mass is 32.2. The van der Waals surface area contributed by atoms with E-state index in [1.807, 2.05) is 11.8 Å². The average Bonchev–Trinajstić information content (AvgIpc) is 2.33. The quantitative estimate of drug-likeness (QED) is 0.843. The number of Topliss-reactive ketones (excluding diaryl/α,β-unsaturated/α-hetero) is 1. The summed E-state index contributed by atoms with van der Waals surface area (Å²) in [4.78, 5) is 21.0. The van der Waals surface area contributed by atoms with Crippen molar-refractivity contribution >= 4 is 17.5 Å². The molecule has 0 radical (unpaired) electrons. The van der Waals surface area contributed by atoms with Crippen molar-refractivity contribution in [3.8, 4) is 0 Å². The number of nitrogens with zero attached hydrogens (tertiary/aromatic N) is 2. The molecule has 4 heteroatoms. The zero-order valence-electron chi connectivity index (χ0n) is 12.2. The van der Waals surface area contributed by atoms with Crippen molar-refractivity contribution in [3.05, 3.63) is 23.3 Å². The van der Waals surface area contributed by atoms with Gasteiger partial charge in [-0.2, -0.15) is 11.8 Å². The molecule has 3 nitrogen and oxygen atoms in total. The number of thioether (sulfide) groups is 1. The van der Waals surface area contributed by atoms with Gasteiger partial charge < -0.3 is 0 Å². The molecular formula is C15H22N2OS. The fourth-order valence-corrected chi connectivity index (χ4v) is 3.08. The normalized spacial score (nSPS) is 19.1. The minimum atomic E-state index is 0.0273. The van der Waals surface area contributed by atoms with E-state index in [9.17, 15) is 4.79 Å². The minimum Gasteiger partial charge on any atom is -0.294 e. The molecule has 0 aliphatic heterocycles. The molecular weight excluding hydrogens is 256 g/mol. The van der Waals surface area contributed by atoms with Crippen LogP contribution in [0.5, 0.6) is 0 Å². The molecule has 1 aliphatic rings. The molecule has 1 unspecified atom stereocenters. The molecule has 0 fully saturated rings. The van der Waals surface area contributed by atoms with E-state index in [4.69, 9.17) is 0 Å². The highest BCUT2D eigenvalue weighted by molar-refractivity contribution is 7.99. The molecule has 104 valence electrons. The van der Waals surface area contributed by atoms with Crippen LogP contribution in [0, 0.1) is 5.41 Å². The Morgan fingerprint density at radius 1 is 1.42 bits per heavy atom. The lowest BCUT2D eigenvalue weighted by Gasteiger charge is -2.29. The van der Waals surface area contributed by atoms with Crippen LogP contribution in [0.25, 0.3) is 0 Å². The third-order valence-corrected chi connectivity index (χ3v) is 4.90. The van der Waals surface area contributed by atoms with Gasteiger partial charge in [-0.3, -0.25) is 4.79 Å². The summed E-state index contributed by atoms with van der Waals surface area (Å²) in [7, 11) is 0. The Labute approximate surface area is 119 Å². The van der Waals surface area contributed by atoms with E-state index in [1.165, 1.54) is 0 Å². The molecule has 0 saturated heterocycles. The van der Waals surface area contributed by atoms with Crippen molar-refractivity contribution in [1.82, 2.24) is 9.97 Å². The Morgan fingerprint density at radius 3 is 2.84 bits per heavy atom. The van der Waals surface area contributed by atoms with E-state index < -0.39 is 0 Å². The summed E-state index contributed by atoms with van der Waals surface area (Å²) in [5, 5.41) is 0.623. The van der Waals surface area contributed by atoms with Gasteiger partial charge in [0.25, 0.3) is 0 Å². The predicted molar refractivity (Wildman–Crippen MR) is 79.5 cm³/mol. The van der Waals surface area contributed by atoms with Gasteiger partial charge in [-0.05, 0) is 18.3 Å². The minimum absolute atomic E-state index is 0.0273. The van der Waals surface area contributed by atoms with E-state index in [1.54, 1.807) is 6.20 Å². The molecule has 1 heterocycles. The summed E-state index contributed by atoms with van der Waals surface area (Å²) >= 11 is 1.87. The van der Waals surface area contributed by atoms with Crippen LogP contribution in [0.2, 0.25) is 0 Å². The van der Waals surface area contributed by atoms with Gasteiger partial charge in [0.1, 0.15) is 5.82 Å². The standard InChI is InChI=1S/C15H22N2OS/c1-5-10(2)19-9-14-16-8-11-12(17-14)6-15(3,4)7-13(11)18/h8,10H,5-7,9H2,1-4H3. The highest BCUT2D eigenvalue weighted by Gasteiger charge is 2.32. The van der Waals surface area contributed by atoms with Crippen molar-refractivity contribution in [2.24, 2.45) is 5.41 Å². The lowest BCUT2D eigenvalue weighted by molar-refractivity contribution is 0.0909. The molecule has 2 rings (SSSR count). The van der Waals surface area contributed by atoms with Crippen molar-refractivity contribution in [3.63, 3.8) is 0 Å². The van der Waals surface area contributed by atoms with Gasteiger partial charge in [-0.25, -0.2) is 9.97 Å². The first-order valence-corrected chi connectivity index (χ1v) is 7.96. The molecule has 0 aromatic carbocycles. The highest BCUT2D eigenvalue weighted by Crippen LogP contribution is 2.33. The van der Waals surface area contributed by atoms with Crippen LogP contribution in [0.1, 0.15) is 62.4 Å². The van der Waals surface area contributed by atoms with Gasteiger partial charge in [0, 0.05) is 17.9 Å². The first-order chi connectivity index (χ1) is 8.91. The van der Waals surface area contributed by atoms with Crippen LogP contribution < -0.4 is 0 Å². The second-order valence-electron chi connectivity index (χ2n) is 6.12. The molecule has 0 amide bonds. The maximum absolute atomic E-state index is 12.0. The van der Waals surface area contributed by atoms with E-state index in [0.717, 1.165) is 35.7 Å². The number of hydrogen-bond acceptors (Lipinski definition) is 4. The van der Waals surface area contributed by atoms with Crippen LogP contribution in [0.4, 0.5) is 0 Å².